The third-order valence-corrected chi connectivity index (χ3v) is 3.95. The fraction of sp³-hybridized carbons (Fsp3) is 0.562. The van der Waals surface area contributed by atoms with Crippen molar-refractivity contribution in [3.63, 3.8) is 0 Å². The van der Waals surface area contributed by atoms with E-state index in [9.17, 15) is 4.79 Å². The quantitative estimate of drug-likeness (QED) is 0.813. The molecule has 0 unspecified atom stereocenters. The Morgan fingerprint density at radius 3 is 2.40 bits per heavy atom. The van der Waals surface area contributed by atoms with E-state index in [0.29, 0.717) is 6.54 Å². The Hall–Kier alpha value is -1.39. The summed E-state index contributed by atoms with van der Waals surface area (Å²) in [4.78, 5) is 11.9. The van der Waals surface area contributed by atoms with Crippen LogP contribution in [0.15, 0.2) is 30.3 Å². The third kappa shape index (κ3) is 4.32. The number of benzene rings is 1. The zero-order valence-electron chi connectivity index (χ0n) is 11.9. The van der Waals surface area contributed by atoms with Crippen LogP contribution in [0.3, 0.4) is 0 Å². The molecule has 1 fully saturated rings. The van der Waals surface area contributed by atoms with Crippen LogP contribution in [0.5, 0.6) is 0 Å². The van der Waals surface area contributed by atoms with Crippen molar-refractivity contribution in [1.82, 2.24) is 0 Å². The number of nitrogens with one attached hydrogen (secondary N) is 1. The van der Waals surface area contributed by atoms with Crippen molar-refractivity contribution in [3.05, 3.63) is 30.3 Å². The van der Waals surface area contributed by atoms with Crippen LogP contribution < -0.4 is 11.1 Å². The molecule has 1 amide bonds. The second kappa shape index (κ2) is 7.41. The second-order valence-corrected chi connectivity index (χ2v) is 5.50. The minimum atomic E-state index is -0.301. The van der Waals surface area contributed by atoms with Crippen molar-refractivity contribution < 1.29 is 9.53 Å². The van der Waals surface area contributed by atoms with Gasteiger partial charge in [0.2, 0.25) is 5.91 Å². The molecule has 4 nitrogen and oxygen atoms in total. The van der Waals surface area contributed by atoms with E-state index in [1.54, 1.807) is 0 Å². The number of hydrogen-bond acceptors (Lipinski definition) is 3. The zero-order valence-corrected chi connectivity index (χ0v) is 11.9. The Labute approximate surface area is 120 Å². The van der Waals surface area contributed by atoms with E-state index < -0.39 is 0 Å². The van der Waals surface area contributed by atoms with Crippen molar-refractivity contribution >= 4 is 11.6 Å². The minimum Gasteiger partial charge on any atom is -0.364 e. The first-order valence-corrected chi connectivity index (χ1v) is 7.43. The van der Waals surface area contributed by atoms with Crippen molar-refractivity contribution in [2.75, 3.05) is 18.5 Å². The third-order valence-electron chi connectivity index (χ3n) is 3.95. The summed E-state index contributed by atoms with van der Waals surface area (Å²) in [6.45, 7) is 0.567. The van der Waals surface area contributed by atoms with Gasteiger partial charge in [0.15, 0.2) is 0 Å². The SMILES string of the molecule is NCC1(OCC(=O)Nc2ccccc2)CCCCCC1. The molecule has 1 aromatic rings. The number of amides is 1. The average molecular weight is 276 g/mol. The highest BCUT2D eigenvalue weighted by Gasteiger charge is 2.31. The van der Waals surface area contributed by atoms with E-state index in [2.05, 4.69) is 5.32 Å². The molecule has 4 heteroatoms. The molecule has 3 N–H and O–H groups in total. The summed E-state index contributed by atoms with van der Waals surface area (Å²) in [5, 5.41) is 2.83. The monoisotopic (exact) mass is 276 g/mol. The number of carbonyl (C=O) groups is 1. The van der Waals surface area contributed by atoms with Gasteiger partial charge >= 0.3 is 0 Å². The minimum absolute atomic E-state index is 0.0755. The lowest BCUT2D eigenvalue weighted by atomic mass is 9.94. The van der Waals surface area contributed by atoms with Crippen LogP contribution in [0.25, 0.3) is 0 Å². The van der Waals surface area contributed by atoms with Gasteiger partial charge < -0.3 is 15.8 Å². The summed E-state index contributed by atoms with van der Waals surface area (Å²) in [6, 6.07) is 9.43. The Morgan fingerprint density at radius 2 is 1.80 bits per heavy atom. The lowest BCUT2D eigenvalue weighted by Gasteiger charge is -2.31. The molecule has 20 heavy (non-hydrogen) atoms. The van der Waals surface area contributed by atoms with Gasteiger partial charge in [-0.1, -0.05) is 43.9 Å². The van der Waals surface area contributed by atoms with Crippen molar-refractivity contribution in [1.29, 1.82) is 0 Å². The van der Waals surface area contributed by atoms with Crippen molar-refractivity contribution in [2.24, 2.45) is 5.73 Å². The summed E-state index contributed by atoms with van der Waals surface area (Å²) in [5.41, 5.74) is 6.38. The predicted molar refractivity (Wildman–Crippen MR) is 80.5 cm³/mol. The first-order valence-electron chi connectivity index (χ1n) is 7.43. The number of anilines is 1. The normalized spacial score (nSPS) is 18.2. The van der Waals surface area contributed by atoms with E-state index >= 15 is 0 Å². The molecule has 0 saturated heterocycles. The summed E-state index contributed by atoms with van der Waals surface area (Å²) >= 11 is 0. The molecule has 0 aromatic heterocycles. The molecule has 0 atom stereocenters. The standard InChI is InChI=1S/C16H24N2O2/c17-13-16(10-6-1-2-7-11-16)20-12-15(19)18-14-8-4-3-5-9-14/h3-5,8-9H,1-2,6-7,10-13,17H2,(H,18,19). The molecule has 1 aliphatic rings. The number of nitrogens with two attached hydrogens (primary N) is 1. The number of para-hydroxylation sites is 1. The highest BCUT2D eigenvalue weighted by Crippen LogP contribution is 2.29. The van der Waals surface area contributed by atoms with Crippen LogP contribution in [0.2, 0.25) is 0 Å². The highest BCUT2D eigenvalue weighted by atomic mass is 16.5. The van der Waals surface area contributed by atoms with Gasteiger partial charge in [-0.15, -0.1) is 0 Å². The Morgan fingerprint density at radius 1 is 1.15 bits per heavy atom. The molecule has 1 aromatic carbocycles. The second-order valence-electron chi connectivity index (χ2n) is 5.50. The zero-order chi connectivity index (χ0) is 14.3. The number of carbonyl (C=O) groups excluding carboxylic acids is 1. The molecule has 0 aliphatic heterocycles. The van der Waals surface area contributed by atoms with Gasteiger partial charge in [0.05, 0.1) is 5.60 Å². The van der Waals surface area contributed by atoms with E-state index in [1.165, 1.54) is 12.8 Å². The summed E-state index contributed by atoms with van der Waals surface area (Å²) in [7, 11) is 0. The van der Waals surface area contributed by atoms with Gasteiger partial charge in [-0.25, -0.2) is 0 Å². The lowest BCUT2D eigenvalue weighted by Crippen LogP contribution is -2.42. The van der Waals surface area contributed by atoms with Crippen molar-refractivity contribution in [3.8, 4) is 0 Å². The number of rotatable bonds is 5. The molecular formula is C16H24N2O2. The molecule has 1 aliphatic carbocycles. The fourth-order valence-electron chi connectivity index (χ4n) is 2.72. The summed E-state index contributed by atoms with van der Waals surface area (Å²) < 4.78 is 5.90. The van der Waals surface area contributed by atoms with Crippen LogP contribution in [0, 0.1) is 0 Å². The fourth-order valence-corrected chi connectivity index (χ4v) is 2.72. The van der Waals surface area contributed by atoms with Gasteiger partial charge in [-0.3, -0.25) is 4.79 Å². The maximum Gasteiger partial charge on any atom is 0.250 e. The molecular weight excluding hydrogens is 252 g/mol. The number of ether oxygens (including phenoxy) is 1. The molecule has 110 valence electrons. The van der Waals surface area contributed by atoms with Crippen LogP contribution in [0.1, 0.15) is 38.5 Å². The Kier molecular flexibility index (Phi) is 5.56. The molecule has 1 saturated carbocycles. The van der Waals surface area contributed by atoms with Crippen LogP contribution in [-0.4, -0.2) is 24.7 Å². The van der Waals surface area contributed by atoms with Crippen LogP contribution in [0.4, 0.5) is 5.69 Å². The Balaban J connectivity index is 1.84. The molecule has 0 spiro atoms. The first kappa shape index (κ1) is 15.0. The van der Waals surface area contributed by atoms with Crippen LogP contribution in [-0.2, 0) is 9.53 Å². The summed E-state index contributed by atoms with van der Waals surface area (Å²) in [6.07, 6.45) is 6.67. The molecule has 2 rings (SSSR count). The van der Waals surface area contributed by atoms with Gasteiger partial charge in [-0.2, -0.15) is 0 Å². The van der Waals surface area contributed by atoms with Gasteiger partial charge in [0.1, 0.15) is 6.61 Å². The largest absolute Gasteiger partial charge is 0.364 e. The van der Waals surface area contributed by atoms with E-state index in [0.717, 1.165) is 31.4 Å². The maximum atomic E-state index is 11.9. The lowest BCUT2D eigenvalue weighted by molar-refractivity contribution is -0.128. The Bertz CT molecular complexity index is 412. The molecule has 0 heterocycles. The van der Waals surface area contributed by atoms with Crippen molar-refractivity contribution in [2.45, 2.75) is 44.1 Å². The first-order chi connectivity index (χ1) is 9.74. The summed E-state index contributed by atoms with van der Waals surface area (Å²) in [5.74, 6) is -0.117. The van der Waals surface area contributed by atoms with Gasteiger partial charge in [0.25, 0.3) is 0 Å². The van der Waals surface area contributed by atoms with E-state index in [4.69, 9.17) is 10.5 Å². The topological polar surface area (TPSA) is 64.3 Å². The highest BCUT2D eigenvalue weighted by molar-refractivity contribution is 5.91. The number of hydrogen-bond donors (Lipinski definition) is 2. The van der Waals surface area contributed by atoms with Crippen LogP contribution >= 0.6 is 0 Å². The van der Waals surface area contributed by atoms with Gasteiger partial charge in [-0.05, 0) is 25.0 Å². The molecule has 0 radical (unpaired) electrons. The molecule has 0 bridgehead atoms. The smallest absolute Gasteiger partial charge is 0.250 e. The maximum absolute atomic E-state index is 11.9. The predicted octanol–water partition coefficient (Wildman–Crippen LogP) is 2.69. The average Bonchev–Trinajstić information content (AvgIpc) is 2.72. The van der Waals surface area contributed by atoms with E-state index in [-0.39, 0.29) is 18.1 Å². The van der Waals surface area contributed by atoms with E-state index in [1.807, 2.05) is 30.3 Å². The van der Waals surface area contributed by atoms with Gasteiger partial charge in [0, 0.05) is 12.2 Å².